The normalized spacial score (nSPS) is 29.5. The molecule has 3 rings (SSSR count). The van der Waals surface area contributed by atoms with Gasteiger partial charge in [-0.3, -0.25) is 0 Å². The monoisotopic (exact) mass is 360 g/mol. The topological polar surface area (TPSA) is 9.23 Å². The molecule has 0 aliphatic heterocycles. The third-order valence-corrected chi connectivity index (χ3v) is 7.13. The van der Waals surface area contributed by atoms with Crippen molar-refractivity contribution in [2.75, 3.05) is 6.61 Å². The smallest absolute Gasteiger partial charge is 0.133 e. The minimum absolute atomic E-state index is 0.0283. The van der Waals surface area contributed by atoms with Gasteiger partial charge in [0.15, 0.2) is 0 Å². The fraction of sp³-hybridized carbons (Fsp3) is 0.750. The Morgan fingerprint density at radius 3 is 2.12 bits per heavy atom. The molecule has 0 N–H and O–H groups in total. The fourth-order valence-electron chi connectivity index (χ4n) is 5.57. The minimum atomic E-state index is -0.0283. The maximum atomic E-state index is 14.9. The summed E-state index contributed by atoms with van der Waals surface area (Å²) >= 11 is 0. The molecule has 0 radical (unpaired) electrons. The molecule has 1 aromatic rings. The molecule has 146 valence electrons. The highest BCUT2D eigenvalue weighted by atomic mass is 19.1. The quantitative estimate of drug-likeness (QED) is 0.513. The van der Waals surface area contributed by atoms with Gasteiger partial charge in [0, 0.05) is 5.56 Å². The summed E-state index contributed by atoms with van der Waals surface area (Å²) in [7, 11) is 0. The van der Waals surface area contributed by atoms with Crippen LogP contribution in [0.5, 0.6) is 5.75 Å². The molecule has 0 aromatic heterocycles. The molecule has 0 spiro atoms. The summed E-state index contributed by atoms with van der Waals surface area (Å²) in [4.78, 5) is 0. The van der Waals surface area contributed by atoms with Crippen molar-refractivity contribution in [3.8, 4) is 5.75 Å². The van der Waals surface area contributed by atoms with Crippen molar-refractivity contribution in [1.82, 2.24) is 0 Å². The lowest BCUT2D eigenvalue weighted by Gasteiger charge is -2.38. The Kier molecular flexibility index (Phi) is 7.00. The van der Waals surface area contributed by atoms with E-state index in [0.29, 0.717) is 23.8 Å². The third kappa shape index (κ3) is 4.43. The molecule has 0 amide bonds. The van der Waals surface area contributed by atoms with Gasteiger partial charge in [0.1, 0.15) is 11.6 Å². The zero-order valence-electron chi connectivity index (χ0n) is 17.0. The molecule has 2 aliphatic rings. The number of rotatable bonds is 6. The Balaban J connectivity index is 1.55. The molecule has 0 saturated heterocycles. The maximum Gasteiger partial charge on any atom is 0.133 e. The largest absolute Gasteiger partial charge is 0.493 e. The van der Waals surface area contributed by atoms with Crippen LogP contribution >= 0.6 is 0 Å². The summed E-state index contributed by atoms with van der Waals surface area (Å²) in [5.74, 6) is 3.90. The third-order valence-electron chi connectivity index (χ3n) is 7.13. The summed E-state index contributed by atoms with van der Waals surface area (Å²) in [5.41, 5.74) is 1.61. The van der Waals surface area contributed by atoms with Gasteiger partial charge in [-0.25, -0.2) is 4.39 Å². The van der Waals surface area contributed by atoms with Gasteiger partial charge >= 0.3 is 0 Å². The Morgan fingerprint density at radius 2 is 1.54 bits per heavy atom. The number of hydrogen-bond acceptors (Lipinski definition) is 1. The standard InChI is InChI=1S/C24H37FO/c1-4-6-18-7-9-19(10-8-18)20-11-13-21(14-12-20)22-15-16-23(26-5-2)17(3)24(22)25/h15-16,18-21H,4-14H2,1-3H3. The van der Waals surface area contributed by atoms with Crippen LogP contribution in [-0.4, -0.2) is 6.61 Å². The first-order valence-electron chi connectivity index (χ1n) is 11.1. The van der Waals surface area contributed by atoms with E-state index in [1.165, 1.54) is 51.4 Å². The number of hydrogen-bond donors (Lipinski definition) is 0. The van der Waals surface area contributed by atoms with Gasteiger partial charge < -0.3 is 4.74 Å². The van der Waals surface area contributed by atoms with Crippen molar-refractivity contribution < 1.29 is 9.13 Å². The van der Waals surface area contributed by atoms with E-state index >= 15 is 0 Å². The second-order valence-corrected chi connectivity index (χ2v) is 8.71. The van der Waals surface area contributed by atoms with Crippen molar-refractivity contribution in [3.05, 3.63) is 29.1 Å². The van der Waals surface area contributed by atoms with E-state index in [1.54, 1.807) is 0 Å². The lowest BCUT2D eigenvalue weighted by molar-refractivity contribution is 0.156. The van der Waals surface area contributed by atoms with Crippen LogP contribution in [0, 0.1) is 30.5 Å². The molecule has 0 heterocycles. The van der Waals surface area contributed by atoms with Crippen LogP contribution in [0.1, 0.15) is 95.1 Å². The molecule has 2 saturated carbocycles. The van der Waals surface area contributed by atoms with Gasteiger partial charge in [-0.1, -0.05) is 38.7 Å². The minimum Gasteiger partial charge on any atom is -0.493 e. The van der Waals surface area contributed by atoms with Crippen LogP contribution in [-0.2, 0) is 0 Å². The molecule has 1 nitrogen and oxygen atoms in total. The average Bonchev–Trinajstić information content (AvgIpc) is 2.67. The lowest BCUT2D eigenvalue weighted by Crippen LogP contribution is -2.25. The number of ether oxygens (including phenoxy) is 1. The van der Waals surface area contributed by atoms with Gasteiger partial charge in [0.2, 0.25) is 0 Å². The van der Waals surface area contributed by atoms with Gasteiger partial charge in [0.25, 0.3) is 0 Å². The lowest BCUT2D eigenvalue weighted by atomic mass is 9.68. The summed E-state index contributed by atoms with van der Waals surface area (Å²) in [5, 5.41) is 0. The van der Waals surface area contributed by atoms with E-state index in [9.17, 15) is 4.39 Å². The zero-order chi connectivity index (χ0) is 18.5. The predicted molar refractivity (Wildman–Crippen MR) is 107 cm³/mol. The summed E-state index contributed by atoms with van der Waals surface area (Å²) in [6.07, 6.45) is 13.4. The molecule has 0 atom stereocenters. The van der Waals surface area contributed by atoms with E-state index < -0.39 is 0 Å². The van der Waals surface area contributed by atoms with E-state index in [2.05, 4.69) is 6.92 Å². The van der Waals surface area contributed by atoms with Crippen molar-refractivity contribution in [3.63, 3.8) is 0 Å². The predicted octanol–water partition coefficient (Wildman–Crippen LogP) is 7.41. The van der Waals surface area contributed by atoms with Crippen LogP contribution in [0.25, 0.3) is 0 Å². The molecule has 0 bridgehead atoms. The Hall–Kier alpha value is -1.05. The Bertz CT molecular complexity index is 566. The average molecular weight is 361 g/mol. The molecule has 1 aromatic carbocycles. The van der Waals surface area contributed by atoms with E-state index in [0.717, 1.165) is 36.2 Å². The highest BCUT2D eigenvalue weighted by molar-refractivity contribution is 5.39. The molecule has 2 fully saturated rings. The van der Waals surface area contributed by atoms with Crippen LogP contribution in [0.4, 0.5) is 4.39 Å². The van der Waals surface area contributed by atoms with Crippen molar-refractivity contribution in [2.24, 2.45) is 17.8 Å². The summed E-state index contributed by atoms with van der Waals surface area (Å²) in [6.45, 7) is 6.70. The highest BCUT2D eigenvalue weighted by Crippen LogP contribution is 2.45. The highest BCUT2D eigenvalue weighted by Gasteiger charge is 2.32. The Morgan fingerprint density at radius 1 is 0.923 bits per heavy atom. The van der Waals surface area contributed by atoms with Crippen molar-refractivity contribution >= 4 is 0 Å². The summed E-state index contributed by atoms with van der Waals surface area (Å²) < 4.78 is 20.4. The molecule has 0 unspecified atom stereocenters. The molecule has 2 aliphatic carbocycles. The van der Waals surface area contributed by atoms with Gasteiger partial charge in [-0.2, -0.15) is 0 Å². The van der Waals surface area contributed by atoms with Crippen molar-refractivity contribution in [2.45, 2.75) is 90.9 Å². The van der Waals surface area contributed by atoms with Gasteiger partial charge in [-0.05, 0) is 87.7 Å². The molecule has 2 heteroatoms. The van der Waals surface area contributed by atoms with Gasteiger partial charge in [0.05, 0.1) is 6.61 Å². The van der Waals surface area contributed by atoms with Gasteiger partial charge in [-0.15, -0.1) is 0 Å². The molecule has 26 heavy (non-hydrogen) atoms. The second kappa shape index (κ2) is 9.24. The first kappa shape index (κ1) is 19.7. The number of benzene rings is 1. The first-order chi connectivity index (χ1) is 12.6. The second-order valence-electron chi connectivity index (χ2n) is 8.71. The van der Waals surface area contributed by atoms with Crippen LogP contribution in [0.3, 0.4) is 0 Å². The number of halogens is 1. The van der Waals surface area contributed by atoms with Crippen molar-refractivity contribution in [1.29, 1.82) is 0 Å². The first-order valence-corrected chi connectivity index (χ1v) is 11.1. The molecular formula is C24H37FO. The molecular weight excluding hydrogens is 323 g/mol. The SMILES string of the molecule is CCCC1CCC(C2CCC(c3ccc(OCC)c(C)c3F)CC2)CC1. The fourth-order valence-corrected chi connectivity index (χ4v) is 5.57. The van der Waals surface area contributed by atoms with Crippen LogP contribution in [0.2, 0.25) is 0 Å². The maximum absolute atomic E-state index is 14.9. The van der Waals surface area contributed by atoms with E-state index in [-0.39, 0.29) is 5.82 Å². The summed E-state index contributed by atoms with van der Waals surface area (Å²) in [6, 6.07) is 3.95. The van der Waals surface area contributed by atoms with Crippen LogP contribution < -0.4 is 4.74 Å². The van der Waals surface area contributed by atoms with Crippen LogP contribution in [0.15, 0.2) is 12.1 Å². The zero-order valence-corrected chi connectivity index (χ0v) is 17.0. The van der Waals surface area contributed by atoms with E-state index in [4.69, 9.17) is 4.74 Å². The Labute approximate surface area is 159 Å². The van der Waals surface area contributed by atoms with E-state index in [1.807, 2.05) is 26.0 Å².